The van der Waals surface area contributed by atoms with Crippen molar-refractivity contribution in [2.75, 3.05) is 13.2 Å². The Morgan fingerprint density at radius 2 is 2.14 bits per heavy atom. The third-order valence-electron chi connectivity index (χ3n) is 4.07. The number of H-pyrrole nitrogens is 1. The van der Waals surface area contributed by atoms with Crippen molar-refractivity contribution in [1.82, 2.24) is 10.3 Å². The molecule has 5 heteroatoms. The van der Waals surface area contributed by atoms with E-state index in [-0.39, 0.29) is 19.1 Å². The molecule has 4 N–H and O–H groups in total. The summed E-state index contributed by atoms with van der Waals surface area (Å²) >= 11 is 0. The highest BCUT2D eigenvalue weighted by atomic mass is 16.3. The molecule has 0 fully saturated rings. The van der Waals surface area contributed by atoms with Crippen LogP contribution in [0.25, 0.3) is 10.9 Å². The minimum absolute atomic E-state index is 0.0542. The van der Waals surface area contributed by atoms with Crippen LogP contribution in [0.1, 0.15) is 34.5 Å². The molecule has 1 aliphatic rings. The van der Waals surface area contributed by atoms with Crippen LogP contribution < -0.4 is 5.32 Å². The number of hydrogen-bond acceptors (Lipinski definition) is 3. The van der Waals surface area contributed by atoms with Gasteiger partial charge >= 0.3 is 0 Å². The summed E-state index contributed by atoms with van der Waals surface area (Å²) in [6.07, 6.45) is 3.63. The van der Waals surface area contributed by atoms with Crippen LogP contribution in [0.2, 0.25) is 0 Å². The average molecular weight is 288 g/mol. The first kappa shape index (κ1) is 14.1. The second-order valence-corrected chi connectivity index (χ2v) is 5.60. The van der Waals surface area contributed by atoms with Crippen molar-refractivity contribution in [2.45, 2.75) is 31.8 Å². The van der Waals surface area contributed by atoms with Gasteiger partial charge in [0.15, 0.2) is 0 Å². The Kier molecular flexibility index (Phi) is 3.94. The van der Waals surface area contributed by atoms with Gasteiger partial charge in [0.05, 0.1) is 12.7 Å². The Bertz CT molecular complexity index is 663. The normalized spacial score (nSPS) is 15.7. The number of carbonyl (C=O) groups excluding carboxylic acids is 1. The highest BCUT2D eigenvalue weighted by molar-refractivity contribution is 5.99. The molecule has 0 unspecified atom stereocenters. The first-order chi connectivity index (χ1) is 10.2. The lowest BCUT2D eigenvalue weighted by atomic mass is 9.95. The summed E-state index contributed by atoms with van der Waals surface area (Å²) in [5, 5.41) is 21.8. The fourth-order valence-electron chi connectivity index (χ4n) is 2.92. The highest BCUT2D eigenvalue weighted by Crippen LogP contribution is 2.29. The third-order valence-corrected chi connectivity index (χ3v) is 4.07. The number of fused-ring (bicyclic) bond motifs is 3. The second-order valence-electron chi connectivity index (χ2n) is 5.60. The fourth-order valence-corrected chi connectivity index (χ4v) is 2.92. The van der Waals surface area contributed by atoms with Crippen LogP contribution in [0.3, 0.4) is 0 Å². The SMILES string of the molecule is O=C(NC[C@H](O)CO)c1ccc2[nH]c3c(c2c1)CCCC3. The van der Waals surface area contributed by atoms with Gasteiger partial charge in [0, 0.05) is 28.7 Å². The lowest BCUT2D eigenvalue weighted by Gasteiger charge is -2.11. The van der Waals surface area contributed by atoms with Crippen molar-refractivity contribution in [3.63, 3.8) is 0 Å². The number of aryl methyl sites for hydroxylation is 2. The van der Waals surface area contributed by atoms with Crippen LogP contribution in [0, 0.1) is 0 Å². The molecule has 2 aromatic rings. The predicted molar refractivity (Wildman–Crippen MR) is 80.4 cm³/mol. The Labute approximate surface area is 123 Å². The largest absolute Gasteiger partial charge is 0.394 e. The van der Waals surface area contributed by atoms with E-state index >= 15 is 0 Å². The van der Waals surface area contributed by atoms with Crippen LogP contribution in [-0.2, 0) is 12.8 Å². The topological polar surface area (TPSA) is 85.3 Å². The zero-order chi connectivity index (χ0) is 14.8. The molecule has 0 bridgehead atoms. The standard InChI is InChI=1S/C16H20N2O3/c19-9-11(20)8-17-16(21)10-5-6-15-13(7-10)12-3-1-2-4-14(12)18-15/h5-7,11,18-20H,1-4,8-9H2,(H,17,21)/t11-/m0/s1. The van der Waals surface area contributed by atoms with Gasteiger partial charge in [-0.15, -0.1) is 0 Å². The van der Waals surface area contributed by atoms with E-state index < -0.39 is 6.10 Å². The number of aliphatic hydroxyl groups is 2. The fraction of sp³-hybridized carbons (Fsp3) is 0.438. The minimum atomic E-state index is -0.919. The van der Waals surface area contributed by atoms with Crippen molar-refractivity contribution < 1.29 is 15.0 Å². The van der Waals surface area contributed by atoms with E-state index in [1.807, 2.05) is 12.1 Å². The summed E-state index contributed by atoms with van der Waals surface area (Å²) in [6.45, 7) is -0.302. The van der Waals surface area contributed by atoms with Crippen LogP contribution >= 0.6 is 0 Å². The van der Waals surface area contributed by atoms with Crippen molar-refractivity contribution in [1.29, 1.82) is 0 Å². The summed E-state index contributed by atoms with van der Waals surface area (Å²) in [7, 11) is 0. The molecule has 0 radical (unpaired) electrons. The number of benzene rings is 1. The molecular weight excluding hydrogens is 268 g/mol. The molecule has 1 aromatic carbocycles. The molecule has 1 atom stereocenters. The maximum Gasteiger partial charge on any atom is 0.251 e. The van der Waals surface area contributed by atoms with Gasteiger partial charge in [-0.2, -0.15) is 0 Å². The molecule has 0 saturated carbocycles. The molecular formula is C16H20N2O3. The van der Waals surface area contributed by atoms with Gasteiger partial charge < -0.3 is 20.5 Å². The number of nitrogens with one attached hydrogen (secondary N) is 2. The van der Waals surface area contributed by atoms with Gasteiger partial charge in [0.25, 0.3) is 5.91 Å². The molecule has 5 nitrogen and oxygen atoms in total. The van der Waals surface area contributed by atoms with Gasteiger partial charge in [-0.25, -0.2) is 0 Å². The number of amides is 1. The molecule has 112 valence electrons. The number of hydrogen-bond donors (Lipinski definition) is 4. The van der Waals surface area contributed by atoms with E-state index in [0.717, 1.165) is 23.7 Å². The van der Waals surface area contributed by atoms with E-state index in [0.29, 0.717) is 5.56 Å². The maximum absolute atomic E-state index is 12.1. The van der Waals surface area contributed by atoms with Crippen molar-refractivity contribution in [2.24, 2.45) is 0 Å². The lowest BCUT2D eigenvalue weighted by molar-refractivity contribution is 0.0802. The van der Waals surface area contributed by atoms with Crippen molar-refractivity contribution in [3.05, 3.63) is 35.0 Å². The van der Waals surface area contributed by atoms with Crippen LogP contribution in [0.4, 0.5) is 0 Å². The summed E-state index contributed by atoms with van der Waals surface area (Å²) in [5.41, 5.74) is 4.29. The van der Waals surface area contributed by atoms with E-state index in [2.05, 4.69) is 10.3 Å². The highest BCUT2D eigenvalue weighted by Gasteiger charge is 2.17. The zero-order valence-corrected chi connectivity index (χ0v) is 11.9. The van der Waals surface area contributed by atoms with Crippen LogP contribution in [-0.4, -0.2) is 40.4 Å². The third kappa shape index (κ3) is 2.80. The molecule has 1 aliphatic carbocycles. The molecule has 0 aliphatic heterocycles. The Morgan fingerprint density at radius 3 is 2.95 bits per heavy atom. The zero-order valence-electron chi connectivity index (χ0n) is 11.9. The number of carbonyl (C=O) groups is 1. The van der Waals surface area contributed by atoms with Gasteiger partial charge in [-0.3, -0.25) is 4.79 Å². The molecule has 21 heavy (non-hydrogen) atoms. The van der Waals surface area contributed by atoms with E-state index in [9.17, 15) is 9.90 Å². The molecule has 1 aromatic heterocycles. The molecule has 0 saturated heterocycles. The summed E-state index contributed by atoms with van der Waals surface area (Å²) < 4.78 is 0. The first-order valence-corrected chi connectivity index (χ1v) is 7.39. The number of aromatic amines is 1. The molecule has 1 amide bonds. The first-order valence-electron chi connectivity index (χ1n) is 7.39. The summed E-state index contributed by atoms with van der Waals surface area (Å²) in [5.74, 6) is -0.227. The quantitative estimate of drug-likeness (QED) is 0.680. The molecule has 0 spiro atoms. The van der Waals surface area contributed by atoms with Crippen LogP contribution in [0.15, 0.2) is 18.2 Å². The number of aromatic nitrogens is 1. The van der Waals surface area contributed by atoms with Gasteiger partial charge in [0.1, 0.15) is 0 Å². The Hall–Kier alpha value is -1.85. The van der Waals surface area contributed by atoms with E-state index in [1.165, 1.54) is 24.1 Å². The second kappa shape index (κ2) is 5.87. The minimum Gasteiger partial charge on any atom is -0.394 e. The van der Waals surface area contributed by atoms with E-state index in [1.54, 1.807) is 6.07 Å². The maximum atomic E-state index is 12.1. The summed E-state index contributed by atoms with van der Waals surface area (Å²) in [6, 6.07) is 5.63. The average Bonchev–Trinajstić information content (AvgIpc) is 2.90. The summed E-state index contributed by atoms with van der Waals surface area (Å²) in [4.78, 5) is 15.5. The van der Waals surface area contributed by atoms with Crippen LogP contribution in [0.5, 0.6) is 0 Å². The van der Waals surface area contributed by atoms with Gasteiger partial charge in [-0.05, 0) is 49.4 Å². The molecule has 1 heterocycles. The van der Waals surface area contributed by atoms with Gasteiger partial charge in [-0.1, -0.05) is 0 Å². The van der Waals surface area contributed by atoms with Crippen molar-refractivity contribution in [3.8, 4) is 0 Å². The predicted octanol–water partition coefficient (Wildman–Crippen LogP) is 1.13. The van der Waals surface area contributed by atoms with Gasteiger partial charge in [0.2, 0.25) is 0 Å². The van der Waals surface area contributed by atoms with E-state index in [4.69, 9.17) is 5.11 Å². The smallest absolute Gasteiger partial charge is 0.251 e. The molecule has 3 rings (SSSR count). The lowest BCUT2D eigenvalue weighted by Crippen LogP contribution is -2.33. The monoisotopic (exact) mass is 288 g/mol. The number of aliphatic hydroxyl groups excluding tert-OH is 2. The van der Waals surface area contributed by atoms with Crippen molar-refractivity contribution >= 4 is 16.8 Å². The Morgan fingerprint density at radius 1 is 1.33 bits per heavy atom. The Balaban J connectivity index is 1.85. The number of rotatable bonds is 4.